The summed E-state index contributed by atoms with van der Waals surface area (Å²) in [7, 11) is -3.22. The molecule has 0 spiro atoms. The third-order valence-corrected chi connectivity index (χ3v) is 4.59. The molecule has 2 rings (SSSR count). The Balaban J connectivity index is 2.54. The molecule has 0 heterocycles. The van der Waals surface area contributed by atoms with E-state index in [1.165, 1.54) is 0 Å². The van der Waals surface area contributed by atoms with Gasteiger partial charge in [-0.2, -0.15) is 0 Å². The van der Waals surface area contributed by atoms with Crippen molar-refractivity contribution in [2.24, 2.45) is 0 Å². The molecular weight excluding hydrogens is 219 g/mol. The largest absolute Gasteiger partial charge is 0.442 e. The molecule has 78 valence electrons. The fraction of sp³-hybridized carbons (Fsp3) is 0. The van der Waals surface area contributed by atoms with Gasteiger partial charge in [-0.05, 0) is 24.3 Å². The molecule has 0 bridgehead atoms. The highest BCUT2D eigenvalue weighted by Gasteiger charge is 2.42. The van der Waals surface area contributed by atoms with Crippen LogP contribution in [0, 0.1) is 0 Å². The van der Waals surface area contributed by atoms with Crippen molar-refractivity contribution in [3.63, 3.8) is 0 Å². The smallest absolute Gasteiger partial charge is 0.235 e. The molecule has 2 aromatic rings. The molecule has 0 unspecified atom stereocenters. The van der Waals surface area contributed by atoms with Crippen molar-refractivity contribution >= 4 is 17.9 Å². The number of rotatable bonds is 3. The van der Waals surface area contributed by atoms with Crippen LogP contribution in [0.1, 0.15) is 0 Å². The molecule has 0 aromatic heterocycles. The van der Waals surface area contributed by atoms with Crippen LogP contribution in [0.3, 0.4) is 0 Å². The molecule has 0 saturated heterocycles. The van der Waals surface area contributed by atoms with Crippen LogP contribution in [0.5, 0.6) is 0 Å². The highest BCUT2D eigenvalue weighted by Crippen LogP contribution is 2.38. The van der Waals surface area contributed by atoms with Crippen LogP contribution in [-0.2, 0) is 4.57 Å². The summed E-state index contributed by atoms with van der Waals surface area (Å²) in [6.45, 7) is 0. The maximum absolute atomic E-state index is 12.6. The normalized spacial score (nSPS) is 11.3. The molecule has 0 fully saturated rings. The maximum atomic E-state index is 12.6. The lowest BCUT2D eigenvalue weighted by molar-refractivity contribution is 0.577. The quantitative estimate of drug-likeness (QED) is 0.581. The Kier molecular flexibility index (Phi) is 3.20. The first-order chi connectivity index (χ1) is 7.77. The van der Waals surface area contributed by atoms with Crippen LogP contribution >= 0.6 is 7.29 Å². The fourth-order valence-corrected chi connectivity index (χ4v) is 3.17. The third kappa shape index (κ3) is 1.93. The van der Waals surface area contributed by atoms with E-state index in [-0.39, 0.29) is 0 Å². The first-order valence-electron chi connectivity index (χ1n) is 4.85. The van der Waals surface area contributed by atoms with Crippen molar-refractivity contribution in [3.8, 4) is 0 Å². The average Bonchev–Trinajstić information content (AvgIpc) is 2.40. The summed E-state index contributed by atoms with van der Waals surface area (Å²) in [4.78, 5) is 0. The van der Waals surface area contributed by atoms with Crippen LogP contribution in [-0.4, -0.2) is 0 Å². The lowest BCUT2D eigenvalue weighted by Gasteiger charge is -2.03. The summed E-state index contributed by atoms with van der Waals surface area (Å²) < 4.78 is 12.6. The monoisotopic (exact) mass is 229 g/mol. The molecule has 2 aromatic carbocycles. The van der Waals surface area contributed by atoms with Crippen molar-refractivity contribution < 1.29 is 4.57 Å². The van der Waals surface area contributed by atoms with Gasteiger partial charge in [0.1, 0.15) is 0 Å². The SMILES string of the molecule is [N][N+]P(=O)(c1ccccc1)c1ccccc1. The van der Waals surface area contributed by atoms with E-state index < -0.39 is 7.29 Å². The van der Waals surface area contributed by atoms with Crippen LogP contribution < -0.4 is 21.6 Å². The number of benzene rings is 2. The van der Waals surface area contributed by atoms with Gasteiger partial charge in [-0.25, -0.2) is 4.57 Å². The van der Waals surface area contributed by atoms with Gasteiger partial charge < -0.3 is 0 Å². The van der Waals surface area contributed by atoms with Gasteiger partial charge >= 0.3 is 7.29 Å². The zero-order valence-electron chi connectivity index (χ0n) is 8.52. The minimum absolute atomic E-state index is 0.531. The molecule has 0 N–H and O–H groups in total. The van der Waals surface area contributed by atoms with E-state index in [1.54, 1.807) is 48.5 Å². The van der Waals surface area contributed by atoms with Gasteiger partial charge in [-0.15, -0.1) is 0 Å². The summed E-state index contributed by atoms with van der Waals surface area (Å²) in [5, 5.41) is 4.18. The number of hydrogen-bond acceptors (Lipinski definition) is 1. The molecule has 3 nitrogen and oxygen atoms in total. The van der Waals surface area contributed by atoms with Crippen LogP contribution in [0.2, 0.25) is 0 Å². The highest BCUT2D eigenvalue weighted by molar-refractivity contribution is 7.76. The Bertz CT molecular complexity index is 455. The zero-order chi connectivity index (χ0) is 11.4. The number of hydrogen-bond donors (Lipinski definition) is 0. The molecule has 4 heteroatoms. The van der Waals surface area contributed by atoms with Crippen molar-refractivity contribution in [3.05, 3.63) is 60.7 Å². The minimum atomic E-state index is -3.22. The van der Waals surface area contributed by atoms with E-state index in [2.05, 4.69) is 5.20 Å². The van der Waals surface area contributed by atoms with Gasteiger partial charge in [0, 0.05) is 0 Å². The summed E-state index contributed by atoms with van der Waals surface area (Å²) >= 11 is 0. The molecule has 16 heavy (non-hydrogen) atoms. The molecule has 0 amide bonds. The van der Waals surface area contributed by atoms with Crippen molar-refractivity contribution in [2.45, 2.75) is 0 Å². The standard InChI is InChI=1S/C12H10N2OP/c13-14-16(15,11-7-3-1-4-8-11)12-9-5-2-6-10-12/h1-10H/q+1. The van der Waals surface area contributed by atoms with E-state index in [4.69, 9.17) is 5.84 Å². The van der Waals surface area contributed by atoms with Crippen molar-refractivity contribution in [2.75, 3.05) is 0 Å². The topological polar surface area (TPSA) is 53.5 Å². The lowest BCUT2D eigenvalue weighted by Crippen LogP contribution is -2.22. The molecule has 0 saturated carbocycles. The van der Waals surface area contributed by atoms with Gasteiger partial charge in [0.15, 0.2) is 0 Å². The van der Waals surface area contributed by atoms with Crippen LogP contribution in [0.15, 0.2) is 60.7 Å². The van der Waals surface area contributed by atoms with Crippen LogP contribution in [0.25, 0.3) is 0 Å². The predicted molar refractivity (Wildman–Crippen MR) is 64.0 cm³/mol. The van der Waals surface area contributed by atoms with Gasteiger partial charge in [0.05, 0.1) is 10.6 Å². The van der Waals surface area contributed by atoms with E-state index in [9.17, 15) is 4.57 Å². The van der Waals surface area contributed by atoms with Crippen molar-refractivity contribution in [1.29, 1.82) is 0 Å². The molecule has 0 atom stereocenters. The maximum Gasteiger partial charge on any atom is 0.442 e. The summed E-state index contributed by atoms with van der Waals surface area (Å²) in [6, 6.07) is 17.6. The first-order valence-corrected chi connectivity index (χ1v) is 6.51. The Labute approximate surface area is 94.7 Å². The average molecular weight is 229 g/mol. The fourth-order valence-electron chi connectivity index (χ4n) is 1.51. The molecule has 0 aliphatic heterocycles. The van der Waals surface area contributed by atoms with Gasteiger partial charge in [0.25, 0.3) is 11.0 Å². The van der Waals surface area contributed by atoms with Gasteiger partial charge in [-0.1, -0.05) is 36.4 Å². The Hall–Kier alpha value is -1.41. The van der Waals surface area contributed by atoms with E-state index in [0.29, 0.717) is 10.6 Å². The molecular formula is C12H10N2OP+. The zero-order valence-corrected chi connectivity index (χ0v) is 9.42. The third-order valence-electron chi connectivity index (χ3n) is 2.34. The number of nitrogens with zero attached hydrogens (tertiary/aromatic N) is 2. The molecule has 4 radical (unpaired) electrons. The highest BCUT2D eigenvalue weighted by atomic mass is 31.2. The first kappa shape index (κ1) is 11.1. The summed E-state index contributed by atoms with van der Waals surface area (Å²) in [5.41, 5.74) is 0. The Morgan fingerprint density at radius 1 is 0.812 bits per heavy atom. The predicted octanol–water partition coefficient (Wildman–Crippen LogP) is 1.50. The second kappa shape index (κ2) is 4.62. The second-order valence-corrected chi connectivity index (χ2v) is 5.70. The summed E-state index contributed by atoms with van der Waals surface area (Å²) in [6.07, 6.45) is 0. The molecule has 0 aliphatic carbocycles. The van der Waals surface area contributed by atoms with Gasteiger partial charge in [0.2, 0.25) is 0 Å². The van der Waals surface area contributed by atoms with E-state index in [0.717, 1.165) is 0 Å². The Morgan fingerprint density at radius 3 is 1.50 bits per heavy atom. The minimum Gasteiger partial charge on any atom is -0.235 e. The van der Waals surface area contributed by atoms with Crippen LogP contribution in [0.4, 0.5) is 0 Å². The lowest BCUT2D eigenvalue weighted by atomic mass is 10.4. The van der Waals surface area contributed by atoms with Crippen molar-refractivity contribution in [1.82, 2.24) is 11.0 Å². The van der Waals surface area contributed by atoms with E-state index in [1.807, 2.05) is 12.1 Å². The Morgan fingerprint density at radius 2 is 1.19 bits per heavy atom. The van der Waals surface area contributed by atoms with Gasteiger partial charge in [-0.3, -0.25) is 0 Å². The second-order valence-electron chi connectivity index (χ2n) is 3.34. The molecule has 0 aliphatic rings. The van der Waals surface area contributed by atoms with E-state index >= 15 is 0 Å². The summed E-state index contributed by atoms with van der Waals surface area (Å²) in [5.74, 6) is 9.05.